The summed E-state index contributed by atoms with van der Waals surface area (Å²) in [5, 5.41) is 0. The van der Waals surface area contributed by atoms with Crippen LogP contribution in [-0.2, 0) is 4.74 Å². The molecule has 1 aromatic carbocycles. The fourth-order valence-corrected chi connectivity index (χ4v) is 3.05. The summed E-state index contributed by atoms with van der Waals surface area (Å²) < 4.78 is 10.6. The molecule has 122 valence electrons. The summed E-state index contributed by atoms with van der Waals surface area (Å²) in [6.07, 6.45) is 3.03. The highest BCUT2D eigenvalue weighted by molar-refractivity contribution is 6.03. The molecule has 0 amide bonds. The molecule has 22 heavy (non-hydrogen) atoms. The smallest absolute Gasteiger partial charge is 0.182 e. The molecule has 0 saturated carbocycles. The van der Waals surface area contributed by atoms with Gasteiger partial charge in [0, 0.05) is 18.7 Å². The van der Waals surface area contributed by atoms with Crippen molar-refractivity contribution in [3.05, 3.63) is 29.8 Å². The average Bonchev–Trinajstić information content (AvgIpc) is 2.60. The zero-order chi connectivity index (χ0) is 16.0. The van der Waals surface area contributed by atoms with Crippen molar-refractivity contribution in [2.75, 3.05) is 33.4 Å². The van der Waals surface area contributed by atoms with Gasteiger partial charge in [-0.3, -0.25) is 9.69 Å². The highest BCUT2D eigenvalue weighted by Crippen LogP contribution is 2.28. The van der Waals surface area contributed by atoms with E-state index in [1.54, 1.807) is 7.11 Å². The lowest BCUT2D eigenvalue weighted by Gasteiger charge is -2.42. The maximum atomic E-state index is 13.1. The summed E-state index contributed by atoms with van der Waals surface area (Å²) in [5.74, 6) is 0.976. The van der Waals surface area contributed by atoms with Gasteiger partial charge in [0.25, 0.3) is 0 Å². The Morgan fingerprint density at radius 1 is 1.27 bits per heavy atom. The van der Waals surface area contributed by atoms with Crippen LogP contribution in [0.1, 0.15) is 43.5 Å². The third-order valence-electron chi connectivity index (χ3n) is 4.57. The van der Waals surface area contributed by atoms with Gasteiger partial charge in [0.15, 0.2) is 5.78 Å². The molecule has 1 heterocycles. The summed E-state index contributed by atoms with van der Waals surface area (Å²) in [6, 6.07) is 7.44. The van der Waals surface area contributed by atoms with Crippen LogP contribution in [0.25, 0.3) is 0 Å². The van der Waals surface area contributed by atoms with Crippen LogP contribution in [0.2, 0.25) is 0 Å². The molecule has 0 bridgehead atoms. The number of Topliss-reactive ketones (excluding diaryl/α,β-unsaturated/α-hetero) is 1. The Bertz CT molecular complexity index is 480. The van der Waals surface area contributed by atoms with E-state index in [0.717, 1.165) is 43.7 Å². The molecule has 2 rings (SSSR count). The predicted octanol–water partition coefficient (Wildman–Crippen LogP) is 3.16. The molecule has 1 aromatic rings. The summed E-state index contributed by atoms with van der Waals surface area (Å²) in [7, 11) is 1.63. The second-order valence-electron chi connectivity index (χ2n) is 6.03. The lowest BCUT2D eigenvalue weighted by Crippen LogP contribution is -2.56. The van der Waals surface area contributed by atoms with Crippen LogP contribution < -0.4 is 4.74 Å². The maximum absolute atomic E-state index is 13.1. The zero-order valence-electron chi connectivity index (χ0n) is 13.9. The van der Waals surface area contributed by atoms with E-state index in [0.29, 0.717) is 13.2 Å². The second-order valence-corrected chi connectivity index (χ2v) is 6.03. The summed E-state index contributed by atoms with van der Waals surface area (Å²) in [4.78, 5) is 15.4. The first-order valence-corrected chi connectivity index (χ1v) is 8.13. The molecule has 1 atom stereocenters. The third kappa shape index (κ3) is 3.68. The molecule has 1 aliphatic rings. The van der Waals surface area contributed by atoms with Gasteiger partial charge in [-0.15, -0.1) is 0 Å². The molecule has 0 spiro atoms. The van der Waals surface area contributed by atoms with E-state index in [4.69, 9.17) is 9.47 Å². The number of morpholine rings is 1. The first kappa shape index (κ1) is 17.0. The van der Waals surface area contributed by atoms with Crippen molar-refractivity contribution in [2.24, 2.45) is 0 Å². The summed E-state index contributed by atoms with van der Waals surface area (Å²) in [5.41, 5.74) is 0.305. The standard InChI is InChI=1S/C18H27NO3/c1-4-5-10-18(2,19-11-13-22-14-12-19)17(20)15-6-8-16(21-3)9-7-15/h6-9H,4-5,10-14H2,1-3H3. The molecule has 1 unspecified atom stereocenters. The largest absolute Gasteiger partial charge is 0.497 e. The molecule has 1 aliphatic heterocycles. The summed E-state index contributed by atoms with van der Waals surface area (Å²) in [6.45, 7) is 7.30. The van der Waals surface area contributed by atoms with Crippen molar-refractivity contribution in [3.63, 3.8) is 0 Å². The Hall–Kier alpha value is -1.39. The van der Waals surface area contributed by atoms with Crippen molar-refractivity contribution in [3.8, 4) is 5.75 Å². The third-order valence-corrected chi connectivity index (χ3v) is 4.57. The minimum absolute atomic E-state index is 0.200. The van der Waals surface area contributed by atoms with Crippen LogP contribution in [0.4, 0.5) is 0 Å². The predicted molar refractivity (Wildman–Crippen MR) is 87.6 cm³/mol. The van der Waals surface area contributed by atoms with Crippen molar-refractivity contribution in [1.29, 1.82) is 0 Å². The molecule has 0 aliphatic carbocycles. The molecule has 0 N–H and O–H groups in total. The fraction of sp³-hybridized carbons (Fsp3) is 0.611. The molecule has 4 nitrogen and oxygen atoms in total. The Morgan fingerprint density at radius 2 is 1.91 bits per heavy atom. The van der Waals surface area contributed by atoms with Crippen molar-refractivity contribution in [2.45, 2.75) is 38.6 Å². The van der Waals surface area contributed by atoms with E-state index in [1.165, 1.54) is 0 Å². The van der Waals surface area contributed by atoms with Gasteiger partial charge in [-0.1, -0.05) is 19.8 Å². The Labute approximate surface area is 133 Å². The molecular weight excluding hydrogens is 278 g/mol. The Balaban J connectivity index is 2.23. The Morgan fingerprint density at radius 3 is 2.45 bits per heavy atom. The highest BCUT2D eigenvalue weighted by Gasteiger charge is 2.39. The van der Waals surface area contributed by atoms with Crippen LogP contribution >= 0.6 is 0 Å². The van der Waals surface area contributed by atoms with Gasteiger partial charge >= 0.3 is 0 Å². The number of carbonyl (C=O) groups is 1. The number of benzene rings is 1. The van der Waals surface area contributed by atoms with E-state index in [2.05, 4.69) is 18.7 Å². The number of hydrogen-bond donors (Lipinski definition) is 0. The summed E-state index contributed by atoms with van der Waals surface area (Å²) >= 11 is 0. The average molecular weight is 305 g/mol. The van der Waals surface area contributed by atoms with E-state index in [9.17, 15) is 4.79 Å². The topological polar surface area (TPSA) is 38.8 Å². The zero-order valence-corrected chi connectivity index (χ0v) is 13.9. The molecule has 0 aromatic heterocycles. The number of ketones is 1. The number of unbranched alkanes of at least 4 members (excludes halogenated alkanes) is 1. The van der Waals surface area contributed by atoms with E-state index < -0.39 is 5.54 Å². The van der Waals surface area contributed by atoms with Gasteiger partial charge in [-0.2, -0.15) is 0 Å². The maximum Gasteiger partial charge on any atom is 0.182 e. The number of rotatable bonds is 7. The number of nitrogens with zero attached hydrogens (tertiary/aromatic N) is 1. The number of hydrogen-bond acceptors (Lipinski definition) is 4. The quantitative estimate of drug-likeness (QED) is 0.725. The van der Waals surface area contributed by atoms with Crippen molar-refractivity contribution >= 4 is 5.78 Å². The second kappa shape index (κ2) is 7.75. The molecule has 1 fully saturated rings. The van der Waals surface area contributed by atoms with E-state index in [1.807, 2.05) is 24.3 Å². The van der Waals surface area contributed by atoms with E-state index in [-0.39, 0.29) is 5.78 Å². The molecule has 1 saturated heterocycles. The minimum Gasteiger partial charge on any atom is -0.497 e. The van der Waals surface area contributed by atoms with Gasteiger partial charge < -0.3 is 9.47 Å². The lowest BCUT2D eigenvalue weighted by molar-refractivity contribution is -0.0125. The van der Waals surface area contributed by atoms with Gasteiger partial charge in [-0.05, 0) is 37.6 Å². The minimum atomic E-state index is -0.450. The molecule has 0 radical (unpaired) electrons. The van der Waals surface area contributed by atoms with Gasteiger partial charge in [0.1, 0.15) is 5.75 Å². The number of carbonyl (C=O) groups excluding carboxylic acids is 1. The fourth-order valence-electron chi connectivity index (χ4n) is 3.05. The van der Waals surface area contributed by atoms with Crippen molar-refractivity contribution < 1.29 is 14.3 Å². The molecular formula is C18H27NO3. The highest BCUT2D eigenvalue weighted by atomic mass is 16.5. The van der Waals surface area contributed by atoms with Gasteiger partial charge in [0.2, 0.25) is 0 Å². The molecule has 4 heteroatoms. The van der Waals surface area contributed by atoms with Crippen molar-refractivity contribution in [1.82, 2.24) is 4.90 Å². The monoisotopic (exact) mass is 305 g/mol. The Kier molecular flexibility index (Phi) is 5.98. The van der Waals surface area contributed by atoms with Crippen LogP contribution in [-0.4, -0.2) is 49.6 Å². The van der Waals surface area contributed by atoms with Gasteiger partial charge in [-0.25, -0.2) is 0 Å². The first-order valence-electron chi connectivity index (χ1n) is 8.13. The first-order chi connectivity index (χ1) is 10.6. The van der Waals surface area contributed by atoms with Crippen LogP contribution in [0.3, 0.4) is 0 Å². The van der Waals surface area contributed by atoms with Gasteiger partial charge in [0.05, 0.1) is 25.9 Å². The van der Waals surface area contributed by atoms with Crippen LogP contribution in [0.5, 0.6) is 5.75 Å². The van der Waals surface area contributed by atoms with Crippen LogP contribution in [0, 0.1) is 0 Å². The normalized spacial score (nSPS) is 18.7. The number of methoxy groups -OCH3 is 1. The lowest BCUT2D eigenvalue weighted by atomic mass is 9.84. The van der Waals surface area contributed by atoms with E-state index >= 15 is 0 Å². The number of ether oxygens (including phenoxy) is 2. The SMILES string of the molecule is CCCCC(C)(C(=O)c1ccc(OC)cc1)N1CCOCC1. The van der Waals surface area contributed by atoms with Crippen LogP contribution in [0.15, 0.2) is 24.3 Å².